The standard InChI is InChI=1S/C11H18N6O2/c1-5-11(3)10(19)17(7(2)9(18)12-11)6-8-13-15-16(4)14-8/h7H,5-6H2,1-4H3,(H,12,18). The van der Waals surface area contributed by atoms with Gasteiger partial charge in [-0.05, 0) is 25.5 Å². The summed E-state index contributed by atoms with van der Waals surface area (Å²) in [5.74, 6) is 0.151. The molecule has 1 N–H and O–H groups in total. The van der Waals surface area contributed by atoms with Crippen LogP contribution in [0.5, 0.6) is 0 Å². The van der Waals surface area contributed by atoms with Crippen molar-refractivity contribution in [2.75, 3.05) is 0 Å². The van der Waals surface area contributed by atoms with E-state index in [1.807, 2.05) is 6.92 Å². The maximum atomic E-state index is 12.5. The Hall–Kier alpha value is -1.99. The summed E-state index contributed by atoms with van der Waals surface area (Å²) in [6, 6.07) is -0.532. The Kier molecular flexibility index (Phi) is 3.25. The number of nitrogens with one attached hydrogen (secondary N) is 1. The third kappa shape index (κ3) is 2.29. The van der Waals surface area contributed by atoms with Crippen LogP contribution in [-0.4, -0.2) is 48.5 Å². The highest BCUT2D eigenvalue weighted by molar-refractivity contribution is 5.99. The largest absolute Gasteiger partial charge is 0.340 e. The number of carbonyl (C=O) groups excluding carboxylic acids is 2. The van der Waals surface area contributed by atoms with Crippen molar-refractivity contribution in [1.29, 1.82) is 0 Å². The molecule has 0 bridgehead atoms. The van der Waals surface area contributed by atoms with Crippen LogP contribution >= 0.6 is 0 Å². The van der Waals surface area contributed by atoms with Gasteiger partial charge in [-0.25, -0.2) is 0 Å². The molecule has 0 saturated carbocycles. The molecule has 104 valence electrons. The first-order valence-electron chi connectivity index (χ1n) is 6.23. The van der Waals surface area contributed by atoms with E-state index in [0.717, 1.165) is 0 Å². The van der Waals surface area contributed by atoms with Gasteiger partial charge in [0.25, 0.3) is 0 Å². The average molecular weight is 266 g/mol. The van der Waals surface area contributed by atoms with Crippen molar-refractivity contribution in [2.24, 2.45) is 7.05 Å². The number of hydrogen-bond donors (Lipinski definition) is 1. The summed E-state index contributed by atoms with van der Waals surface area (Å²) >= 11 is 0. The molecule has 0 radical (unpaired) electrons. The van der Waals surface area contributed by atoms with Gasteiger partial charge in [-0.1, -0.05) is 6.92 Å². The van der Waals surface area contributed by atoms with Gasteiger partial charge in [-0.15, -0.1) is 10.2 Å². The zero-order chi connectivity index (χ0) is 14.2. The van der Waals surface area contributed by atoms with E-state index in [2.05, 4.69) is 20.7 Å². The van der Waals surface area contributed by atoms with Gasteiger partial charge in [-0.2, -0.15) is 4.80 Å². The summed E-state index contributed by atoms with van der Waals surface area (Å²) in [7, 11) is 1.65. The van der Waals surface area contributed by atoms with Gasteiger partial charge < -0.3 is 10.2 Å². The lowest BCUT2D eigenvalue weighted by Gasteiger charge is -2.42. The number of carbonyl (C=O) groups is 2. The number of piperazine rings is 1. The molecule has 2 unspecified atom stereocenters. The van der Waals surface area contributed by atoms with Crippen LogP contribution < -0.4 is 5.32 Å². The van der Waals surface area contributed by atoms with Crippen LogP contribution in [0.15, 0.2) is 0 Å². The minimum Gasteiger partial charge on any atom is -0.340 e. The fraction of sp³-hybridized carbons (Fsp3) is 0.727. The van der Waals surface area contributed by atoms with E-state index < -0.39 is 11.6 Å². The Morgan fingerprint density at radius 2 is 2.11 bits per heavy atom. The first kappa shape index (κ1) is 13.4. The Bertz CT molecular complexity index is 513. The van der Waals surface area contributed by atoms with Crippen molar-refractivity contribution in [2.45, 2.75) is 45.3 Å². The van der Waals surface area contributed by atoms with Crippen molar-refractivity contribution in [3.05, 3.63) is 5.82 Å². The summed E-state index contributed by atoms with van der Waals surface area (Å²) in [5.41, 5.74) is -0.855. The molecule has 1 aliphatic heterocycles. The van der Waals surface area contributed by atoms with E-state index in [0.29, 0.717) is 12.2 Å². The van der Waals surface area contributed by atoms with E-state index in [1.165, 1.54) is 9.70 Å². The van der Waals surface area contributed by atoms with E-state index >= 15 is 0 Å². The van der Waals surface area contributed by atoms with Crippen LogP contribution in [0.1, 0.15) is 33.0 Å². The molecule has 0 aromatic carbocycles. The minimum absolute atomic E-state index is 0.116. The van der Waals surface area contributed by atoms with Crippen molar-refractivity contribution in [1.82, 2.24) is 30.4 Å². The van der Waals surface area contributed by atoms with Crippen LogP contribution in [0.25, 0.3) is 0 Å². The number of amides is 2. The summed E-state index contributed by atoms with van der Waals surface area (Å²) in [6.07, 6.45) is 0.536. The molecule has 2 amide bonds. The number of aromatic nitrogens is 4. The topological polar surface area (TPSA) is 93.0 Å². The smallest absolute Gasteiger partial charge is 0.249 e. The fourth-order valence-corrected chi connectivity index (χ4v) is 2.05. The van der Waals surface area contributed by atoms with Crippen LogP contribution in [0.2, 0.25) is 0 Å². The number of hydrogen-bond acceptors (Lipinski definition) is 5. The fourth-order valence-electron chi connectivity index (χ4n) is 2.05. The van der Waals surface area contributed by atoms with Gasteiger partial charge in [0.05, 0.1) is 13.6 Å². The molecular weight excluding hydrogens is 248 g/mol. The highest BCUT2D eigenvalue weighted by Crippen LogP contribution is 2.22. The molecule has 2 rings (SSSR count). The molecule has 1 aliphatic rings. The maximum absolute atomic E-state index is 12.5. The van der Waals surface area contributed by atoms with Gasteiger partial charge in [0, 0.05) is 0 Å². The number of tetrazole rings is 1. The SMILES string of the molecule is CCC1(C)NC(=O)C(C)N(Cc2nnn(C)n2)C1=O. The predicted octanol–water partition coefficient (Wildman–Crippen LogP) is -0.774. The molecule has 1 aromatic heterocycles. The molecule has 19 heavy (non-hydrogen) atoms. The zero-order valence-electron chi connectivity index (χ0n) is 11.5. The van der Waals surface area contributed by atoms with Gasteiger partial charge in [0.1, 0.15) is 11.6 Å². The van der Waals surface area contributed by atoms with Crippen molar-refractivity contribution in [3.63, 3.8) is 0 Å². The number of aryl methyl sites for hydroxylation is 1. The first-order valence-corrected chi connectivity index (χ1v) is 6.23. The Balaban J connectivity index is 2.25. The molecule has 0 aliphatic carbocycles. The number of rotatable bonds is 3. The van der Waals surface area contributed by atoms with E-state index in [9.17, 15) is 9.59 Å². The van der Waals surface area contributed by atoms with Gasteiger partial charge >= 0.3 is 0 Å². The summed E-state index contributed by atoms with van der Waals surface area (Å²) in [4.78, 5) is 27.3. The highest BCUT2D eigenvalue weighted by atomic mass is 16.2. The highest BCUT2D eigenvalue weighted by Gasteiger charge is 2.45. The van der Waals surface area contributed by atoms with Crippen molar-refractivity contribution < 1.29 is 9.59 Å². The van der Waals surface area contributed by atoms with Crippen LogP contribution in [0, 0.1) is 0 Å². The Labute approximate surface area is 111 Å². The molecule has 1 aromatic rings. The number of nitrogens with zero attached hydrogens (tertiary/aromatic N) is 5. The minimum atomic E-state index is -0.855. The second-order valence-corrected chi connectivity index (χ2v) is 4.98. The molecular formula is C11H18N6O2. The molecule has 0 spiro atoms. The lowest BCUT2D eigenvalue weighted by Crippen LogP contribution is -2.68. The Morgan fingerprint density at radius 1 is 1.42 bits per heavy atom. The second kappa shape index (κ2) is 4.60. The van der Waals surface area contributed by atoms with Gasteiger partial charge in [-0.3, -0.25) is 9.59 Å². The van der Waals surface area contributed by atoms with Gasteiger partial charge in [0.2, 0.25) is 11.8 Å². The van der Waals surface area contributed by atoms with Crippen LogP contribution in [0.3, 0.4) is 0 Å². The van der Waals surface area contributed by atoms with Gasteiger partial charge in [0.15, 0.2) is 5.82 Å². The normalized spacial score (nSPS) is 27.6. The first-order chi connectivity index (χ1) is 8.87. The molecule has 8 heteroatoms. The maximum Gasteiger partial charge on any atom is 0.249 e. The third-order valence-electron chi connectivity index (χ3n) is 3.55. The van der Waals surface area contributed by atoms with Crippen LogP contribution in [-0.2, 0) is 23.2 Å². The van der Waals surface area contributed by atoms with E-state index in [1.54, 1.807) is 20.9 Å². The monoisotopic (exact) mass is 266 g/mol. The molecule has 2 atom stereocenters. The quantitative estimate of drug-likeness (QED) is 0.775. The molecule has 1 saturated heterocycles. The van der Waals surface area contributed by atoms with Crippen molar-refractivity contribution >= 4 is 11.8 Å². The lowest BCUT2D eigenvalue weighted by atomic mass is 9.92. The summed E-state index contributed by atoms with van der Waals surface area (Å²) < 4.78 is 0. The molecule has 1 fully saturated rings. The van der Waals surface area contributed by atoms with Crippen LogP contribution in [0.4, 0.5) is 0 Å². The van der Waals surface area contributed by atoms with Crippen molar-refractivity contribution in [3.8, 4) is 0 Å². The predicted molar refractivity (Wildman–Crippen MR) is 65.6 cm³/mol. The third-order valence-corrected chi connectivity index (χ3v) is 3.55. The second-order valence-electron chi connectivity index (χ2n) is 4.98. The Morgan fingerprint density at radius 3 is 2.63 bits per heavy atom. The summed E-state index contributed by atoms with van der Waals surface area (Å²) in [6.45, 7) is 5.48. The lowest BCUT2D eigenvalue weighted by molar-refractivity contribution is -0.154. The molecule has 2 heterocycles. The molecule has 8 nitrogen and oxygen atoms in total. The average Bonchev–Trinajstić information content (AvgIpc) is 2.78. The van der Waals surface area contributed by atoms with E-state index in [-0.39, 0.29) is 18.4 Å². The zero-order valence-corrected chi connectivity index (χ0v) is 11.5. The van der Waals surface area contributed by atoms with E-state index in [4.69, 9.17) is 0 Å². The summed E-state index contributed by atoms with van der Waals surface area (Å²) in [5, 5.41) is 14.4.